The third kappa shape index (κ3) is 4.61. The van der Waals surface area contributed by atoms with Crippen molar-refractivity contribution in [2.24, 2.45) is 0 Å². The molecule has 1 aromatic carbocycles. The molecule has 2 atom stereocenters. The summed E-state index contributed by atoms with van der Waals surface area (Å²) in [5.74, 6) is -0.0448. The maximum Gasteiger partial charge on any atom is 0.404 e. The summed E-state index contributed by atoms with van der Waals surface area (Å²) in [6.07, 6.45) is 1.88. The summed E-state index contributed by atoms with van der Waals surface area (Å²) in [7, 11) is 3.08. The maximum atomic E-state index is 16.0. The molecule has 2 aromatic rings. The molecule has 9 nitrogen and oxygen atoms in total. The van der Waals surface area contributed by atoms with Crippen molar-refractivity contribution in [2.75, 3.05) is 19.5 Å². The third-order valence-corrected chi connectivity index (χ3v) is 7.33. The van der Waals surface area contributed by atoms with Crippen molar-refractivity contribution in [3.05, 3.63) is 45.9 Å². The average molecular weight is 521 g/mol. The van der Waals surface area contributed by atoms with Gasteiger partial charge in [-0.2, -0.15) is 0 Å². The highest BCUT2D eigenvalue weighted by Gasteiger charge is 2.48. The monoisotopic (exact) mass is 520 g/mol. The number of aromatic nitrogens is 1. The lowest BCUT2D eigenvalue weighted by atomic mass is 9.90. The Labute approximate surface area is 213 Å². The van der Waals surface area contributed by atoms with E-state index in [1.54, 1.807) is 39.2 Å². The zero-order valence-electron chi connectivity index (χ0n) is 20.7. The molecule has 1 aliphatic heterocycles. The molecule has 0 bridgehead atoms. The molecule has 1 aromatic heterocycles. The zero-order valence-corrected chi connectivity index (χ0v) is 21.4. The Hall–Kier alpha value is -3.27. The fourth-order valence-electron chi connectivity index (χ4n) is 5.16. The van der Waals surface area contributed by atoms with Gasteiger partial charge in [0.1, 0.15) is 16.7 Å². The van der Waals surface area contributed by atoms with Gasteiger partial charge in [0.25, 0.3) is 5.91 Å². The highest BCUT2D eigenvalue weighted by atomic mass is 35.5. The number of carboxylic acid groups (broad SMARTS) is 1. The molecule has 1 aliphatic carbocycles. The Bertz CT molecular complexity index is 1190. The first-order valence-electron chi connectivity index (χ1n) is 11.8. The molecule has 2 unspecified atom stereocenters. The number of benzene rings is 1. The van der Waals surface area contributed by atoms with Crippen molar-refractivity contribution in [1.82, 2.24) is 15.2 Å². The van der Waals surface area contributed by atoms with Crippen LogP contribution in [0.4, 0.5) is 15.0 Å². The fourth-order valence-corrected chi connectivity index (χ4v) is 5.42. The van der Waals surface area contributed by atoms with Gasteiger partial charge in [0.05, 0.1) is 37.9 Å². The Morgan fingerprint density at radius 2 is 1.94 bits per heavy atom. The molecule has 11 heteroatoms. The second-order valence-electron chi connectivity index (χ2n) is 9.53. The van der Waals surface area contributed by atoms with Gasteiger partial charge in [-0.25, -0.2) is 14.2 Å². The van der Waals surface area contributed by atoms with Gasteiger partial charge in [-0.3, -0.25) is 4.79 Å². The number of rotatable bonds is 7. The third-order valence-electron chi connectivity index (χ3n) is 7.06. The number of halogens is 2. The van der Waals surface area contributed by atoms with Crippen LogP contribution in [-0.2, 0) is 12.1 Å². The van der Waals surface area contributed by atoms with E-state index in [-0.39, 0.29) is 34.7 Å². The van der Waals surface area contributed by atoms with Crippen molar-refractivity contribution in [3.63, 3.8) is 0 Å². The standard InChI is InChI=1S/C25H30ClFN4O5/c1-25(2)19-18(23(32)31(25)12-13-9-10-14(35-3)11-17(13)36-4)21(26)30-22(20(19)27)28-15-7-5-6-8-16(15)29-24(33)34/h9-11,15-16,29H,5-8,12H2,1-4H3,(H,28,30)(H,33,34). The van der Waals surface area contributed by atoms with E-state index in [0.29, 0.717) is 24.3 Å². The average Bonchev–Trinajstić information content (AvgIpc) is 3.04. The number of hydrogen-bond acceptors (Lipinski definition) is 6. The molecule has 3 N–H and O–H groups in total. The number of pyridine rings is 1. The summed E-state index contributed by atoms with van der Waals surface area (Å²) in [6, 6.07) is 4.54. The molecular formula is C25H30ClFN4O5. The maximum absolute atomic E-state index is 16.0. The second-order valence-corrected chi connectivity index (χ2v) is 9.89. The first kappa shape index (κ1) is 25.8. The van der Waals surface area contributed by atoms with Crippen LogP contribution in [0, 0.1) is 5.82 Å². The molecule has 0 spiro atoms. The molecule has 194 valence electrons. The van der Waals surface area contributed by atoms with Crippen molar-refractivity contribution >= 4 is 29.4 Å². The van der Waals surface area contributed by atoms with Crippen LogP contribution in [0.5, 0.6) is 11.5 Å². The Kier molecular flexibility index (Phi) is 7.17. The molecule has 2 heterocycles. The van der Waals surface area contributed by atoms with Crippen molar-refractivity contribution in [3.8, 4) is 11.5 Å². The van der Waals surface area contributed by atoms with Crippen molar-refractivity contribution < 1.29 is 28.6 Å². The number of anilines is 1. The molecule has 0 saturated heterocycles. The van der Waals surface area contributed by atoms with E-state index in [1.165, 1.54) is 12.0 Å². The molecule has 0 radical (unpaired) electrons. The van der Waals surface area contributed by atoms with Gasteiger partial charge in [0.15, 0.2) is 11.6 Å². The highest BCUT2D eigenvalue weighted by molar-refractivity contribution is 6.33. The number of ether oxygens (including phenoxy) is 2. The summed E-state index contributed by atoms with van der Waals surface area (Å²) in [6.45, 7) is 3.66. The Morgan fingerprint density at radius 3 is 2.58 bits per heavy atom. The van der Waals surface area contributed by atoms with E-state index in [1.807, 2.05) is 0 Å². The number of amides is 2. The molecular weight excluding hydrogens is 491 g/mol. The van der Waals surface area contributed by atoms with Crippen LogP contribution in [0.3, 0.4) is 0 Å². The molecule has 2 aliphatic rings. The predicted molar refractivity (Wildman–Crippen MR) is 132 cm³/mol. The predicted octanol–water partition coefficient (Wildman–Crippen LogP) is 4.77. The minimum absolute atomic E-state index is 0.0288. The van der Waals surface area contributed by atoms with E-state index in [0.717, 1.165) is 18.4 Å². The van der Waals surface area contributed by atoms with Gasteiger partial charge < -0.3 is 30.1 Å². The van der Waals surface area contributed by atoms with E-state index < -0.39 is 29.4 Å². The normalized spacial score (nSPS) is 20.6. The minimum atomic E-state index is -1.13. The summed E-state index contributed by atoms with van der Waals surface area (Å²) in [5.41, 5.74) is -0.141. The molecule has 1 saturated carbocycles. The first-order chi connectivity index (χ1) is 17.1. The van der Waals surface area contributed by atoms with E-state index in [9.17, 15) is 14.7 Å². The van der Waals surface area contributed by atoms with Crippen LogP contribution in [0.2, 0.25) is 5.15 Å². The zero-order chi connectivity index (χ0) is 26.2. The number of hydrogen-bond donors (Lipinski definition) is 3. The van der Waals surface area contributed by atoms with Crippen LogP contribution in [-0.4, -0.2) is 53.3 Å². The van der Waals surface area contributed by atoms with Crippen molar-refractivity contribution in [1.29, 1.82) is 0 Å². The van der Waals surface area contributed by atoms with E-state index >= 15 is 4.39 Å². The smallest absolute Gasteiger partial charge is 0.404 e. The second kappa shape index (κ2) is 10.0. The largest absolute Gasteiger partial charge is 0.497 e. The number of methoxy groups -OCH3 is 2. The molecule has 4 rings (SSSR count). The number of carbonyl (C=O) groups is 2. The molecule has 1 fully saturated rings. The van der Waals surface area contributed by atoms with Crippen LogP contribution in [0.15, 0.2) is 18.2 Å². The number of nitrogens with one attached hydrogen (secondary N) is 2. The van der Waals surface area contributed by atoms with Gasteiger partial charge in [-0.1, -0.05) is 24.4 Å². The lowest BCUT2D eigenvalue weighted by Gasteiger charge is -2.34. The van der Waals surface area contributed by atoms with Crippen LogP contribution in [0.25, 0.3) is 0 Å². The first-order valence-corrected chi connectivity index (χ1v) is 12.1. The van der Waals surface area contributed by atoms with Crippen LogP contribution >= 0.6 is 11.6 Å². The SMILES string of the molecule is COc1ccc(CN2C(=O)c3c(Cl)nc(NC4CCCCC4NC(=O)O)c(F)c3C2(C)C)c(OC)c1. The highest BCUT2D eigenvalue weighted by Crippen LogP contribution is 2.45. The van der Waals surface area contributed by atoms with Crippen LogP contribution < -0.4 is 20.1 Å². The number of carbonyl (C=O) groups excluding carboxylic acids is 1. The summed E-state index contributed by atoms with van der Waals surface area (Å²) in [5, 5.41) is 14.6. The molecule has 2 amide bonds. The number of fused-ring (bicyclic) bond motifs is 1. The van der Waals surface area contributed by atoms with E-state index in [4.69, 9.17) is 21.1 Å². The minimum Gasteiger partial charge on any atom is -0.497 e. The topological polar surface area (TPSA) is 113 Å². The Balaban J connectivity index is 1.68. The molecule has 36 heavy (non-hydrogen) atoms. The van der Waals surface area contributed by atoms with Gasteiger partial charge in [-0.05, 0) is 38.8 Å². The lowest BCUT2D eigenvalue weighted by molar-refractivity contribution is 0.0590. The van der Waals surface area contributed by atoms with Gasteiger partial charge in [-0.15, -0.1) is 0 Å². The fraction of sp³-hybridized carbons (Fsp3) is 0.480. The number of nitrogens with zero attached hydrogens (tertiary/aromatic N) is 2. The van der Waals surface area contributed by atoms with Crippen LogP contribution in [0.1, 0.15) is 61.0 Å². The summed E-state index contributed by atoms with van der Waals surface area (Å²) < 4.78 is 26.7. The summed E-state index contributed by atoms with van der Waals surface area (Å²) in [4.78, 5) is 30.4. The van der Waals surface area contributed by atoms with E-state index in [2.05, 4.69) is 15.6 Å². The Morgan fingerprint density at radius 1 is 1.25 bits per heavy atom. The lowest BCUT2D eigenvalue weighted by Crippen LogP contribution is -2.48. The van der Waals surface area contributed by atoms with Gasteiger partial charge in [0.2, 0.25) is 0 Å². The quantitative estimate of drug-likeness (QED) is 0.450. The van der Waals surface area contributed by atoms with Gasteiger partial charge in [0, 0.05) is 23.2 Å². The van der Waals surface area contributed by atoms with Crippen molar-refractivity contribution in [2.45, 2.75) is 63.7 Å². The van der Waals surface area contributed by atoms with Gasteiger partial charge >= 0.3 is 6.09 Å². The summed E-state index contributed by atoms with van der Waals surface area (Å²) >= 11 is 6.46.